The van der Waals surface area contributed by atoms with Crippen LogP contribution in [0.15, 0.2) is 0 Å². The minimum absolute atomic E-state index is 0.335. The molecule has 1 unspecified atom stereocenters. The lowest BCUT2D eigenvalue weighted by Gasteiger charge is -2.32. The number of nitrogens with one attached hydrogen (secondary N) is 1. The molecule has 1 heterocycles. The second-order valence-corrected chi connectivity index (χ2v) is 3.54. The monoisotopic (exact) mass is 196 g/mol. The molecule has 0 aromatic heterocycles. The Morgan fingerprint density at radius 1 is 1.64 bits per heavy atom. The van der Waals surface area contributed by atoms with Gasteiger partial charge in [0.1, 0.15) is 0 Å². The van der Waals surface area contributed by atoms with E-state index in [1.165, 1.54) is 0 Å². The average molecular weight is 196 g/mol. The number of likely N-dealkylation sites (N-methyl/N-ethyl adjacent to an activating group) is 1. The smallest absolute Gasteiger partial charge is 0.0826 e. The van der Waals surface area contributed by atoms with Gasteiger partial charge in [-0.05, 0) is 6.54 Å². The van der Waals surface area contributed by atoms with E-state index in [4.69, 9.17) is 11.2 Å². The first-order chi connectivity index (χ1) is 6.86. The first-order valence-electron chi connectivity index (χ1n) is 5.35. The van der Waals surface area contributed by atoms with Crippen LogP contribution in [0.5, 0.6) is 0 Å². The van der Waals surface area contributed by atoms with Crippen molar-refractivity contribution in [3.63, 3.8) is 0 Å². The summed E-state index contributed by atoms with van der Waals surface area (Å²) in [5.74, 6) is 2.61. The minimum atomic E-state index is 0.335. The number of hydrogen-bond acceptors (Lipinski definition) is 3. The molecular formula is C11H20N2O. The van der Waals surface area contributed by atoms with E-state index >= 15 is 0 Å². The molecule has 1 fully saturated rings. The van der Waals surface area contributed by atoms with Gasteiger partial charge in [0.15, 0.2) is 0 Å². The molecule has 0 radical (unpaired) electrons. The third-order valence-corrected chi connectivity index (χ3v) is 2.49. The van der Waals surface area contributed by atoms with Crippen molar-refractivity contribution in [2.24, 2.45) is 0 Å². The number of rotatable bonds is 5. The predicted octanol–water partition coefficient (Wildman–Crippen LogP) is 0.320. The molecule has 0 aromatic carbocycles. The van der Waals surface area contributed by atoms with E-state index in [0.29, 0.717) is 6.10 Å². The zero-order chi connectivity index (χ0) is 10.2. The Bertz CT molecular complexity index is 188. The summed E-state index contributed by atoms with van der Waals surface area (Å²) in [4.78, 5) is 2.41. The summed E-state index contributed by atoms with van der Waals surface area (Å²) in [5, 5.41) is 3.31. The Kier molecular flexibility index (Phi) is 5.62. The number of hydrogen-bond donors (Lipinski definition) is 1. The van der Waals surface area contributed by atoms with Gasteiger partial charge in [0.25, 0.3) is 0 Å². The Hall–Kier alpha value is -0.560. The van der Waals surface area contributed by atoms with Gasteiger partial charge in [-0.25, -0.2) is 0 Å². The fraction of sp³-hybridized carbons (Fsp3) is 0.818. The summed E-state index contributed by atoms with van der Waals surface area (Å²) in [6, 6.07) is 0. The lowest BCUT2D eigenvalue weighted by Crippen LogP contribution is -2.46. The highest BCUT2D eigenvalue weighted by atomic mass is 16.5. The van der Waals surface area contributed by atoms with Crippen molar-refractivity contribution < 1.29 is 4.74 Å². The highest BCUT2D eigenvalue weighted by Gasteiger charge is 2.18. The first-order valence-corrected chi connectivity index (χ1v) is 5.35. The fourth-order valence-electron chi connectivity index (χ4n) is 1.61. The summed E-state index contributed by atoms with van der Waals surface area (Å²) in [7, 11) is 0. The van der Waals surface area contributed by atoms with E-state index in [9.17, 15) is 0 Å². The molecule has 1 aliphatic rings. The van der Waals surface area contributed by atoms with E-state index in [1.807, 2.05) is 0 Å². The molecule has 1 rings (SSSR count). The van der Waals surface area contributed by atoms with Crippen LogP contribution in [-0.2, 0) is 4.74 Å². The molecule has 3 nitrogen and oxygen atoms in total. The largest absolute Gasteiger partial charge is 0.374 e. The van der Waals surface area contributed by atoms with E-state index in [1.54, 1.807) is 0 Å². The molecule has 1 atom stereocenters. The second kappa shape index (κ2) is 6.83. The zero-order valence-electron chi connectivity index (χ0n) is 8.96. The summed E-state index contributed by atoms with van der Waals surface area (Å²) in [5.41, 5.74) is 0. The molecule has 80 valence electrons. The van der Waals surface area contributed by atoms with Crippen molar-refractivity contribution in [2.75, 3.05) is 39.3 Å². The molecule has 0 aliphatic carbocycles. The number of morpholine rings is 1. The predicted molar refractivity (Wildman–Crippen MR) is 58.2 cm³/mol. The molecule has 0 amide bonds. The quantitative estimate of drug-likeness (QED) is 0.506. The molecule has 14 heavy (non-hydrogen) atoms. The molecule has 1 aliphatic heterocycles. The normalized spacial score (nSPS) is 23.3. The fourth-order valence-corrected chi connectivity index (χ4v) is 1.61. The van der Waals surface area contributed by atoms with Crippen molar-refractivity contribution >= 4 is 0 Å². The molecule has 0 spiro atoms. The Balaban J connectivity index is 2.08. The number of terminal acetylenes is 1. The maximum atomic E-state index is 5.63. The zero-order valence-corrected chi connectivity index (χ0v) is 8.96. The van der Waals surface area contributed by atoms with Gasteiger partial charge in [-0.2, -0.15) is 0 Å². The Morgan fingerprint density at radius 2 is 2.50 bits per heavy atom. The number of ether oxygens (including phenoxy) is 1. The molecule has 0 aromatic rings. The van der Waals surface area contributed by atoms with Crippen molar-refractivity contribution in [1.82, 2.24) is 10.2 Å². The van der Waals surface area contributed by atoms with E-state index < -0.39 is 0 Å². The van der Waals surface area contributed by atoms with E-state index in [2.05, 4.69) is 23.1 Å². The van der Waals surface area contributed by atoms with Crippen LogP contribution in [0.2, 0.25) is 0 Å². The Labute approximate surface area is 86.8 Å². The third-order valence-electron chi connectivity index (χ3n) is 2.49. The lowest BCUT2D eigenvalue weighted by atomic mass is 10.2. The van der Waals surface area contributed by atoms with Crippen molar-refractivity contribution in [3.8, 4) is 12.3 Å². The Morgan fingerprint density at radius 3 is 3.21 bits per heavy atom. The van der Waals surface area contributed by atoms with Gasteiger partial charge in [-0.15, -0.1) is 12.3 Å². The van der Waals surface area contributed by atoms with Crippen molar-refractivity contribution in [3.05, 3.63) is 0 Å². The molecule has 0 saturated carbocycles. The topological polar surface area (TPSA) is 24.5 Å². The van der Waals surface area contributed by atoms with Gasteiger partial charge in [0.2, 0.25) is 0 Å². The van der Waals surface area contributed by atoms with Gasteiger partial charge in [0.05, 0.1) is 12.7 Å². The third kappa shape index (κ3) is 4.10. The summed E-state index contributed by atoms with van der Waals surface area (Å²) < 4.78 is 5.63. The van der Waals surface area contributed by atoms with Crippen LogP contribution in [0, 0.1) is 12.3 Å². The standard InChI is InChI=1S/C11H20N2O/c1-3-5-6-12-9-11-10-13(4-2)7-8-14-11/h1,11-12H,4-10H2,2H3. The maximum absolute atomic E-state index is 5.63. The highest BCUT2D eigenvalue weighted by Crippen LogP contribution is 2.03. The molecule has 1 N–H and O–H groups in total. The molecule has 0 bridgehead atoms. The average Bonchev–Trinajstić information content (AvgIpc) is 2.25. The molecule has 1 saturated heterocycles. The van der Waals surface area contributed by atoms with Gasteiger partial charge in [-0.1, -0.05) is 6.92 Å². The first kappa shape index (κ1) is 11.5. The highest BCUT2D eigenvalue weighted by molar-refractivity contribution is 4.84. The van der Waals surface area contributed by atoms with Gasteiger partial charge < -0.3 is 10.1 Å². The van der Waals surface area contributed by atoms with Crippen molar-refractivity contribution in [2.45, 2.75) is 19.4 Å². The van der Waals surface area contributed by atoms with Gasteiger partial charge in [-0.3, -0.25) is 4.90 Å². The van der Waals surface area contributed by atoms with Crippen molar-refractivity contribution in [1.29, 1.82) is 0 Å². The van der Waals surface area contributed by atoms with Gasteiger partial charge >= 0.3 is 0 Å². The van der Waals surface area contributed by atoms with Crippen LogP contribution in [0.4, 0.5) is 0 Å². The van der Waals surface area contributed by atoms with Crippen LogP contribution in [0.3, 0.4) is 0 Å². The summed E-state index contributed by atoms with van der Waals surface area (Å²) in [6.45, 7) is 8.07. The lowest BCUT2D eigenvalue weighted by molar-refractivity contribution is -0.0250. The maximum Gasteiger partial charge on any atom is 0.0826 e. The summed E-state index contributed by atoms with van der Waals surface area (Å²) in [6.07, 6.45) is 6.29. The molecule has 3 heteroatoms. The van der Waals surface area contributed by atoms with E-state index in [-0.39, 0.29) is 0 Å². The molecular weight excluding hydrogens is 176 g/mol. The number of nitrogens with zero attached hydrogens (tertiary/aromatic N) is 1. The second-order valence-electron chi connectivity index (χ2n) is 3.54. The van der Waals surface area contributed by atoms with Crippen LogP contribution < -0.4 is 5.32 Å². The van der Waals surface area contributed by atoms with Crippen LogP contribution in [-0.4, -0.2) is 50.3 Å². The van der Waals surface area contributed by atoms with Gasteiger partial charge in [0, 0.05) is 32.6 Å². The van der Waals surface area contributed by atoms with Crippen LogP contribution in [0.25, 0.3) is 0 Å². The minimum Gasteiger partial charge on any atom is -0.374 e. The van der Waals surface area contributed by atoms with Crippen LogP contribution in [0.1, 0.15) is 13.3 Å². The SMILES string of the molecule is C#CCCNCC1CN(CC)CCO1. The summed E-state index contributed by atoms with van der Waals surface area (Å²) >= 11 is 0. The van der Waals surface area contributed by atoms with E-state index in [0.717, 1.165) is 45.8 Å². The van der Waals surface area contributed by atoms with Crippen LogP contribution >= 0.6 is 0 Å².